The molecule has 1 aliphatic rings. The van der Waals surface area contributed by atoms with Crippen LogP contribution >= 0.6 is 11.6 Å². The highest BCUT2D eigenvalue weighted by molar-refractivity contribution is 6.31. The number of hydrogen-bond donors (Lipinski definition) is 2. The van der Waals surface area contributed by atoms with E-state index < -0.39 is 0 Å². The van der Waals surface area contributed by atoms with Crippen LogP contribution in [0.5, 0.6) is 0 Å². The lowest BCUT2D eigenvalue weighted by molar-refractivity contribution is 0.301. The van der Waals surface area contributed by atoms with Gasteiger partial charge in [0.2, 0.25) is 0 Å². The Morgan fingerprint density at radius 3 is 2.75 bits per heavy atom. The summed E-state index contributed by atoms with van der Waals surface area (Å²) >= 11 is 6.44. The van der Waals surface area contributed by atoms with Crippen molar-refractivity contribution in [1.82, 2.24) is 5.32 Å². The van der Waals surface area contributed by atoms with Crippen LogP contribution in [0.25, 0.3) is 0 Å². The molecule has 0 aliphatic heterocycles. The van der Waals surface area contributed by atoms with Gasteiger partial charge in [0.1, 0.15) is 0 Å². The van der Waals surface area contributed by atoms with E-state index in [-0.39, 0.29) is 12.6 Å². The molecular weight excluding hydrogens is 272 g/mol. The maximum absolute atomic E-state index is 9.20. The standard InChI is InChI=1S/C16H25ClN2O/c1-3-8-18-12(2)15-7-6-14(11-16(15)17)19(9-10-20)13-4-5-13/h6-7,11-13,18,20H,3-5,8-10H2,1-2H3. The zero-order valence-corrected chi connectivity index (χ0v) is 13.2. The summed E-state index contributed by atoms with van der Waals surface area (Å²) in [6.45, 7) is 6.17. The highest BCUT2D eigenvalue weighted by Crippen LogP contribution is 2.34. The van der Waals surface area contributed by atoms with Crippen LogP contribution in [0.4, 0.5) is 5.69 Å². The van der Waals surface area contributed by atoms with Crippen LogP contribution in [0.2, 0.25) is 5.02 Å². The van der Waals surface area contributed by atoms with Crippen molar-refractivity contribution in [2.45, 2.75) is 45.2 Å². The van der Waals surface area contributed by atoms with Gasteiger partial charge in [0, 0.05) is 29.3 Å². The molecule has 1 unspecified atom stereocenters. The molecule has 0 radical (unpaired) electrons. The monoisotopic (exact) mass is 296 g/mol. The summed E-state index contributed by atoms with van der Waals surface area (Å²) in [4.78, 5) is 2.26. The van der Waals surface area contributed by atoms with Gasteiger partial charge in [-0.2, -0.15) is 0 Å². The quantitative estimate of drug-likeness (QED) is 0.772. The van der Waals surface area contributed by atoms with Crippen molar-refractivity contribution in [2.75, 3.05) is 24.6 Å². The highest BCUT2D eigenvalue weighted by Gasteiger charge is 2.29. The second-order valence-corrected chi connectivity index (χ2v) is 5.94. The zero-order valence-electron chi connectivity index (χ0n) is 12.4. The number of benzene rings is 1. The molecule has 2 N–H and O–H groups in total. The second-order valence-electron chi connectivity index (χ2n) is 5.53. The van der Waals surface area contributed by atoms with Gasteiger partial charge >= 0.3 is 0 Å². The average molecular weight is 297 g/mol. The third kappa shape index (κ3) is 3.87. The summed E-state index contributed by atoms with van der Waals surface area (Å²) < 4.78 is 0. The third-order valence-electron chi connectivity index (χ3n) is 3.81. The molecule has 1 saturated carbocycles. The molecule has 1 aromatic carbocycles. The van der Waals surface area contributed by atoms with Gasteiger partial charge in [-0.25, -0.2) is 0 Å². The Morgan fingerprint density at radius 1 is 1.45 bits per heavy atom. The summed E-state index contributed by atoms with van der Waals surface area (Å²) in [5.74, 6) is 0. The van der Waals surface area contributed by atoms with Crippen LogP contribution in [-0.2, 0) is 0 Å². The molecule has 1 aliphatic carbocycles. The minimum Gasteiger partial charge on any atom is -0.395 e. The fourth-order valence-electron chi connectivity index (χ4n) is 2.53. The fourth-order valence-corrected chi connectivity index (χ4v) is 2.87. The van der Waals surface area contributed by atoms with E-state index in [0.29, 0.717) is 12.6 Å². The van der Waals surface area contributed by atoms with E-state index in [1.807, 2.05) is 6.07 Å². The molecule has 0 aromatic heterocycles. The van der Waals surface area contributed by atoms with Crippen molar-refractivity contribution < 1.29 is 5.11 Å². The first-order valence-electron chi connectivity index (χ1n) is 7.57. The van der Waals surface area contributed by atoms with Crippen LogP contribution in [0.3, 0.4) is 0 Å². The number of halogens is 1. The topological polar surface area (TPSA) is 35.5 Å². The van der Waals surface area contributed by atoms with Crippen molar-refractivity contribution in [2.24, 2.45) is 0 Å². The smallest absolute Gasteiger partial charge is 0.0606 e. The summed E-state index contributed by atoms with van der Waals surface area (Å²) in [5.41, 5.74) is 2.27. The van der Waals surface area contributed by atoms with Crippen LogP contribution in [-0.4, -0.2) is 30.8 Å². The molecule has 0 heterocycles. The van der Waals surface area contributed by atoms with Gasteiger partial charge in [-0.05, 0) is 50.4 Å². The maximum atomic E-state index is 9.20. The van der Waals surface area contributed by atoms with E-state index in [4.69, 9.17) is 11.6 Å². The van der Waals surface area contributed by atoms with Crippen molar-refractivity contribution in [3.8, 4) is 0 Å². The lowest BCUT2D eigenvalue weighted by atomic mass is 10.1. The number of aliphatic hydroxyl groups excluding tert-OH is 1. The minimum atomic E-state index is 0.185. The second kappa shape index (κ2) is 7.30. The number of aliphatic hydroxyl groups is 1. The van der Waals surface area contributed by atoms with Crippen LogP contribution in [0, 0.1) is 0 Å². The molecule has 0 spiro atoms. The Kier molecular flexibility index (Phi) is 5.70. The average Bonchev–Trinajstić information content (AvgIpc) is 3.26. The van der Waals surface area contributed by atoms with Gasteiger partial charge < -0.3 is 15.3 Å². The number of rotatable bonds is 8. The number of hydrogen-bond acceptors (Lipinski definition) is 3. The Bertz CT molecular complexity index is 434. The molecule has 112 valence electrons. The van der Waals surface area contributed by atoms with Crippen LogP contribution in [0.15, 0.2) is 18.2 Å². The lowest BCUT2D eigenvalue weighted by Crippen LogP contribution is -2.29. The van der Waals surface area contributed by atoms with E-state index in [2.05, 4.69) is 36.2 Å². The number of nitrogens with one attached hydrogen (secondary N) is 1. The Balaban J connectivity index is 2.11. The summed E-state index contributed by atoms with van der Waals surface area (Å²) in [6.07, 6.45) is 3.55. The molecule has 0 saturated heterocycles. The lowest BCUT2D eigenvalue weighted by Gasteiger charge is -2.25. The zero-order chi connectivity index (χ0) is 14.5. The summed E-state index contributed by atoms with van der Waals surface area (Å²) in [7, 11) is 0. The van der Waals surface area contributed by atoms with E-state index in [1.54, 1.807) is 0 Å². The Hall–Kier alpha value is -0.770. The third-order valence-corrected chi connectivity index (χ3v) is 4.14. The van der Waals surface area contributed by atoms with Gasteiger partial charge in [-0.15, -0.1) is 0 Å². The Labute approximate surface area is 126 Å². The summed E-state index contributed by atoms with van der Waals surface area (Å²) in [5, 5.41) is 13.5. The Morgan fingerprint density at radius 2 is 2.20 bits per heavy atom. The fraction of sp³-hybridized carbons (Fsp3) is 0.625. The largest absolute Gasteiger partial charge is 0.395 e. The molecule has 1 fully saturated rings. The first kappa shape index (κ1) is 15.6. The van der Waals surface area contributed by atoms with Crippen molar-refractivity contribution in [3.05, 3.63) is 28.8 Å². The summed E-state index contributed by atoms with van der Waals surface area (Å²) in [6, 6.07) is 7.12. The van der Waals surface area contributed by atoms with Gasteiger partial charge in [0.05, 0.1) is 6.61 Å². The molecular formula is C16H25ClN2O. The van der Waals surface area contributed by atoms with E-state index in [1.165, 1.54) is 12.8 Å². The molecule has 0 amide bonds. The van der Waals surface area contributed by atoms with Gasteiger partial charge in [0.15, 0.2) is 0 Å². The number of anilines is 1. The van der Waals surface area contributed by atoms with Crippen molar-refractivity contribution in [1.29, 1.82) is 0 Å². The van der Waals surface area contributed by atoms with Gasteiger partial charge in [-0.3, -0.25) is 0 Å². The SMILES string of the molecule is CCCNC(C)c1ccc(N(CCO)C2CC2)cc1Cl. The van der Waals surface area contributed by atoms with Crippen LogP contribution < -0.4 is 10.2 Å². The predicted molar refractivity (Wildman–Crippen MR) is 85.6 cm³/mol. The molecule has 0 bridgehead atoms. The van der Waals surface area contributed by atoms with Crippen molar-refractivity contribution in [3.63, 3.8) is 0 Å². The first-order valence-corrected chi connectivity index (χ1v) is 7.95. The predicted octanol–water partition coefficient (Wildman–Crippen LogP) is 3.36. The molecule has 4 heteroatoms. The molecule has 1 aromatic rings. The highest BCUT2D eigenvalue weighted by atomic mass is 35.5. The normalized spacial score (nSPS) is 16.2. The first-order chi connectivity index (χ1) is 9.67. The van der Waals surface area contributed by atoms with Gasteiger partial charge in [-0.1, -0.05) is 24.6 Å². The maximum Gasteiger partial charge on any atom is 0.0606 e. The van der Waals surface area contributed by atoms with E-state index in [9.17, 15) is 5.11 Å². The van der Waals surface area contributed by atoms with Crippen molar-refractivity contribution >= 4 is 17.3 Å². The molecule has 2 rings (SSSR count). The number of nitrogens with zero attached hydrogens (tertiary/aromatic N) is 1. The van der Waals surface area contributed by atoms with Crippen LogP contribution in [0.1, 0.15) is 44.7 Å². The minimum absolute atomic E-state index is 0.185. The molecule has 3 nitrogen and oxygen atoms in total. The van der Waals surface area contributed by atoms with E-state index >= 15 is 0 Å². The van der Waals surface area contributed by atoms with Gasteiger partial charge in [0.25, 0.3) is 0 Å². The molecule has 20 heavy (non-hydrogen) atoms. The molecule has 1 atom stereocenters. The van der Waals surface area contributed by atoms with E-state index in [0.717, 1.165) is 29.2 Å².